The molecule has 3 nitrogen and oxygen atoms in total. The van der Waals surface area contributed by atoms with Gasteiger partial charge in [-0.2, -0.15) is 0 Å². The van der Waals surface area contributed by atoms with Crippen LogP contribution in [0.4, 0.5) is 4.39 Å². The van der Waals surface area contributed by atoms with Crippen LogP contribution < -0.4 is 5.11 Å². The molecule has 0 aliphatic carbocycles. The Labute approximate surface area is 78.4 Å². The Hall–Kier alpha value is -1.13. The van der Waals surface area contributed by atoms with Gasteiger partial charge in [0.15, 0.2) is 0 Å². The number of hydrogen-bond donors (Lipinski definition) is 1. The molecule has 0 fully saturated rings. The van der Waals surface area contributed by atoms with Gasteiger partial charge in [0.05, 0.1) is 5.97 Å². The molecule has 13 heavy (non-hydrogen) atoms. The summed E-state index contributed by atoms with van der Waals surface area (Å²) in [4.78, 5) is 10.2. The van der Waals surface area contributed by atoms with Crippen molar-refractivity contribution in [2.45, 2.75) is 6.10 Å². The SMILES string of the molecule is O=C([O-])[C@@H](O)c1ccc(F)cc1Cl. The Morgan fingerprint density at radius 3 is 2.69 bits per heavy atom. The van der Waals surface area contributed by atoms with Gasteiger partial charge in [-0.25, -0.2) is 4.39 Å². The Morgan fingerprint density at radius 2 is 2.23 bits per heavy atom. The lowest BCUT2D eigenvalue weighted by Crippen LogP contribution is -2.29. The van der Waals surface area contributed by atoms with E-state index in [0.717, 1.165) is 18.2 Å². The van der Waals surface area contributed by atoms with E-state index in [-0.39, 0.29) is 10.6 Å². The van der Waals surface area contributed by atoms with Crippen molar-refractivity contribution in [3.05, 3.63) is 34.6 Å². The van der Waals surface area contributed by atoms with Crippen molar-refractivity contribution in [1.29, 1.82) is 0 Å². The van der Waals surface area contributed by atoms with Gasteiger partial charge in [0.2, 0.25) is 0 Å². The molecule has 1 aromatic rings. The number of carbonyl (C=O) groups excluding carboxylic acids is 1. The highest BCUT2D eigenvalue weighted by atomic mass is 35.5. The van der Waals surface area contributed by atoms with Crippen LogP contribution in [0.2, 0.25) is 5.02 Å². The minimum atomic E-state index is -1.83. The summed E-state index contributed by atoms with van der Waals surface area (Å²) in [6.45, 7) is 0. The molecule has 0 amide bonds. The molecule has 0 aliphatic rings. The Bertz CT molecular complexity index is 340. The number of aliphatic hydroxyl groups is 1. The molecule has 0 saturated heterocycles. The summed E-state index contributed by atoms with van der Waals surface area (Å²) in [5, 5.41) is 19.1. The Balaban J connectivity index is 3.08. The topological polar surface area (TPSA) is 60.4 Å². The summed E-state index contributed by atoms with van der Waals surface area (Å²) in [5.74, 6) is -2.27. The standard InChI is InChI=1S/C8H6ClFO3/c9-6-3-4(10)1-2-5(6)7(11)8(12)13/h1-3,7,11H,(H,12,13)/p-1/t7-/m0/s1. The van der Waals surface area contributed by atoms with E-state index in [0.29, 0.717) is 0 Å². The first-order chi connectivity index (χ1) is 6.02. The second kappa shape index (κ2) is 3.72. The molecule has 0 bridgehead atoms. The minimum absolute atomic E-state index is 0.0805. The van der Waals surface area contributed by atoms with Crippen molar-refractivity contribution >= 4 is 17.6 Å². The van der Waals surface area contributed by atoms with Crippen LogP contribution in [0.25, 0.3) is 0 Å². The molecule has 0 radical (unpaired) electrons. The summed E-state index contributed by atoms with van der Waals surface area (Å²) in [7, 11) is 0. The van der Waals surface area contributed by atoms with Gasteiger partial charge in [-0.15, -0.1) is 0 Å². The van der Waals surface area contributed by atoms with Gasteiger partial charge < -0.3 is 15.0 Å². The summed E-state index contributed by atoms with van der Waals surface area (Å²) < 4.78 is 12.5. The zero-order valence-electron chi connectivity index (χ0n) is 6.33. The van der Waals surface area contributed by atoms with Crippen molar-refractivity contribution < 1.29 is 19.4 Å². The van der Waals surface area contributed by atoms with E-state index in [1.165, 1.54) is 0 Å². The number of halogens is 2. The van der Waals surface area contributed by atoms with Crippen molar-refractivity contribution in [3.8, 4) is 0 Å². The zero-order valence-corrected chi connectivity index (χ0v) is 7.08. The van der Waals surface area contributed by atoms with Gasteiger partial charge >= 0.3 is 0 Å². The summed E-state index contributed by atoms with van der Waals surface area (Å²) in [6.07, 6.45) is -1.83. The average Bonchev–Trinajstić information content (AvgIpc) is 2.03. The summed E-state index contributed by atoms with van der Waals surface area (Å²) in [5.41, 5.74) is -0.0805. The number of benzene rings is 1. The second-order valence-corrected chi connectivity index (χ2v) is 2.79. The van der Waals surface area contributed by atoms with E-state index in [1.54, 1.807) is 0 Å². The fourth-order valence-electron chi connectivity index (χ4n) is 0.850. The van der Waals surface area contributed by atoms with Crippen LogP contribution >= 0.6 is 11.6 Å². The molecule has 0 aliphatic heterocycles. The Morgan fingerprint density at radius 1 is 1.62 bits per heavy atom. The van der Waals surface area contributed by atoms with Gasteiger partial charge in [-0.3, -0.25) is 0 Å². The molecular formula is C8H5ClFO3-. The molecule has 5 heteroatoms. The highest BCUT2D eigenvalue weighted by Gasteiger charge is 2.12. The fraction of sp³-hybridized carbons (Fsp3) is 0.125. The molecule has 1 N–H and O–H groups in total. The van der Waals surface area contributed by atoms with E-state index < -0.39 is 17.9 Å². The number of aliphatic carboxylic acids is 1. The first-order valence-electron chi connectivity index (χ1n) is 3.36. The maximum Gasteiger partial charge on any atom is 0.124 e. The second-order valence-electron chi connectivity index (χ2n) is 2.39. The zero-order chi connectivity index (χ0) is 10.0. The highest BCUT2D eigenvalue weighted by molar-refractivity contribution is 6.31. The normalized spacial score (nSPS) is 12.5. The minimum Gasteiger partial charge on any atom is -0.547 e. The number of carboxylic acid groups (broad SMARTS) is 1. The lowest BCUT2D eigenvalue weighted by atomic mass is 10.1. The summed E-state index contributed by atoms with van der Waals surface area (Å²) in [6, 6.07) is 3.02. The van der Waals surface area contributed by atoms with Crippen molar-refractivity contribution in [2.24, 2.45) is 0 Å². The third kappa shape index (κ3) is 2.17. The number of rotatable bonds is 2. The molecule has 0 unspecified atom stereocenters. The largest absolute Gasteiger partial charge is 0.547 e. The molecule has 0 aromatic heterocycles. The van der Waals surface area contributed by atoms with Crippen molar-refractivity contribution in [1.82, 2.24) is 0 Å². The quantitative estimate of drug-likeness (QED) is 0.750. The Kier molecular flexibility index (Phi) is 2.85. The van der Waals surface area contributed by atoms with Crippen LogP contribution in [0.15, 0.2) is 18.2 Å². The maximum absolute atomic E-state index is 12.5. The van der Waals surface area contributed by atoms with Gasteiger partial charge in [0, 0.05) is 10.6 Å². The maximum atomic E-state index is 12.5. The molecule has 0 spiro atoms. The van der Waals surface area contributed by atoms with Gasteiger partial charge in [0.25, 0.3) is 0 Å². The molecule has 1 rings (SSSR count). The first-order valence-corrected chi connectivity index (χ1v) is 3.74. The van der Waals surface area contributed by atoms with Gasteiger partial charge in [0.1, 0.15) is 11.9 Å². The number of hydrogen-bond acceptors (Lipinski definition) is 3. The van der Waals surface area contributed by atoms with E-state index in [4.69, 9.17) is 16.7 Å². The third-order valence-electron chi connectivity index (χ3n) is 1.48. The molecule has 1 atom stereocenters. The van der Waals surface area contributed by atoms with Gasteiger partial charge in [-0.05, 0) is 12.1 Å². The van der Waals surface area contributed by atoms with Crippen molar-refractivity contribution in [3.63, 3.8) is 0 Å². The monoisotopic (exact) mass is 203 g/mol. The van der Waals surface area contributed by atoms with Crippen LogP contribution in [-0.2, 0) is 4.79 Å². The molecule has 1 aromatic carbocycles. The first kappa shape index (κ1) is 9.95. The van der Waals surface area contributed by atoms with Crippen molar-refractivity contribution in [2.75, 3.05) is 0 Å². The van der Waals surface area contributed by atoms with E-state index in [1.807, 2.05) is 0 Å². The number of aliphatic hydroxyl groups excluding tert-OH is 1. The lowest BCUT2D eigenvalue weighted by molar-refractivity contribution is -0.315. The predicted octanol–water partition coefficient (Wildman–Crippen LogP) is 0.262. The van der Waals surface area contributed by atoms with E-state index >= 15 is 0 Å². The molecule has 0 heterocycles. The van der Waals surface area contributed by atoms with E-state index in [2.05, 4.69) is 0 Å². The molecular weight excluding hydrogens is 199 g/mol. The van der Waals surface area contributed by atoms with Gasteiger partial charge in [-0.1, -0.05) is 17.7 Å². The van der Waals surface area contributed by atoms with Crippen LogP contribution in [-0.4, -0.2) is 11.1 Å². The predicted molar refractivity (Wildman–Crippen MR) is 41.4 cm³/mol. The fourth-order valence-corrected chi connectivity index (χ4v) is 1.12. The van der Waals surface area contributed by atoms with Crippen LogP contribution in [0.3, 0.4) is 0 Å². The smallest absolute Gasteiger partial charge is 0.124 e. The lowest BCUT2D eigenvalue weighted by Gasteiger charge is -2.12. The number of carbonyl (C=O) groups is 1. The van der Waals surface area contributed by atoms with E-state index in [9.17, 15) is 14.3 Å². The van der Waals surface area contributed by atoms with Crippen LogP contribution in [0.5, 0.6) is 0 Å². The summed E-state index contributed by atoms with van der Waals surface area (Å²) >= 11 is 5.48. The van der Waals surface area contributed by atoms with Crippen LogP contribution in [0, 0.1) is 5.82 Å². The number of carboxylic acids is 1. The van der Waals surface area contributed by atoms with Crippen LogP contribution in [0.1, 0.15) is 11.7 Å². The highest BCUT2D eigenvalue weighted by Crippen LogP contribution is 2.23. The average molecular weight is 204 g/mol. The molecule has 0 saturated carbocycles. The molecule has 70 valence electrons. The third-order valence-corrected chi connectivity index (χ3v) is 1.81.